The maximum Gasteiger partial charge on any atom is 0.270 e. The Hall–Kier alpha value is -2.54. The minimum atomic E-state index is -2.94. The summed E-state index contributed by atoms with van der Waals surface area (Å²) < 4.78 is 32.5. The molecule has 0 atom stereocenters. The number of hydrogen-bond acceptors (Lipinski definition) is 2. The van der Waals surface area contributed by atoms with E-state index in [2.05, 4.69) is 5.92 Å². The van der Waals surface area contributed by atoms with E-state index >= 15 is 0 Å². The molecule has 2 nitrogen and oxygen atoms in total. The monoisotopic (exact) mass is 287 g/mol. The van der Waals surface area contributed by atoms with Gasteiger partial charge in [0.1, 0.15) is 5.75 Å². The minimum absolute atomic E-state index is 0.107. The molecule has 0 radical (unpaired) electrons. The zero-order valence-corrected chi connectivity index (χ0v) is 11.8. The van der Waals surface area contributed by atoms with Crippen molar-refractivity contribution >= 4 is 5.69 Å². The minimum Gasteiger partial charge on any atom is -0.455 e. The number of benzene rings is 2. The molecule has 0 saturated carbocycles. The third kappa shape index (κ3) is 3.14. The molecule has 0 aliphatic carbocycles. The first-order chi connectivity index (χ1) is 9.82. The Kier molecular flexibility index (Phi) is 3.86. The van der Waals surface area contributed by atoms with E-state index in [-0.39, 0.29) is 11.3 Å². The fourth-order valence-corrected chi connectivity index (χ4v) is 2.04. The van der Waals surface area contributed by atoms with Gasteiger partial charge in [-0.05, 0) is 42.8 Å². The van der Waals surface area contributed by atoms with E-state index in [9.17, 15) is 8.78 Å². The average Bonchev–Trinajstić information content (AvgIpc) is 2.43. The summed E-state index contributed by atoms with van der Waals surface area (Å²) in [6.45, 7) is 2.39. The molecule has 0 bridgehead atoms. The van der Waals surface area contributed by atoms with Gasteiger partial charge in [-0.2, -0.15) is 0 Å². The number of terminal acetylenes is 1. The van der Waals surface area contributed by atoms with Gasteiger partial charge in [0, 0.05) is 18.1 Å². The second kappa shape index (κ2) is 5.45. The van der Waals surface area contributed by atoms with E-state index in [1.807, 2.05) is 0 Å². The van der Waals surface area contributed by atoms with Crippen LogP contribution in [0.15, 0.2) is 36.4 Å². The topological polar surface area (TPSA) is 35.2 Å². The van der Waals surface area contributed by atoms with E-state index in [1.165, 1.54) is 12.1 Å². The summed E-state index contributed by atoms with van der Waals surface area (Å²) in [5.74, 6) is 0.389. The smallest absolute Gasteiger partial charge is 0.270 e. The fourth-order valence-electron chi connectivity index (χ4n) is 2.04. The van der Waals surface area contributed by atoms with E-state index in [4.69, 9.17) is 16.9 Å². The Morgan fingerprint density at radius 2 is 1.95 bits per heavy atom. The third-order valence-corrected chi connectivity index (χ3v) is 3.18. The molecule has 4 heteroatoms. The van der Waals surface area contributed by atoms with Gasteiger partial charge in [-0.15, -0.1) is 6.42 Å². The standard InChI is InChI=1S/C17H15F2NO/c1-4-12-6-5-7-13(10-12)21-15-9-8-14(17(3,18)19)11(2)16(15)20/h1,5-10H,20H2,2-3H3. The first-order valence-electron chi connectivity index (χ1n) is 6.35. The van der Waals surface area contributed by atoms with Crippen molar-refractivity contribution in [1.29, 1.82) is 0 Å². The van der Waals surface area contributed by atoms with Crippen LogP contribution in [0.3, 0.4) is 0 Å². The van der Waals surface area contributed by atoms with Crippen molar-refractivity contribution in [3.63, 3.8) is 0 Å². The van der Waals surface area contributed by atoms with Crippen molar-refractivity contribution in [2.45, 2.75) is 19.8 Å². The number of halogens is 2. The molecule has 108 valence electrons. The van der Waals surface area contributed by atoms with Crippen LogP contribution in [0.5, 0.6) is 11.5 Å². The van der Waals surface area contributed by atoms with Crippen LogP contribution in [-0.2, 0) is 5.92 Å². The highest BCUT2D eigenvalue weighted by molar-refractivity contribution is 5.62. The lowest BCUT2D eigenvalue weighted by Crippen LogP contribution is -2.11. The van der Waals surface area contributed by atoms with Crippen LogP contribution >= 0.6 is 0 Å². The van der Waals surface area contributed by atoms with Gasteiger partial charge in [-0.1, -0.05) is 12.0 Å². The quantitative estimate of drug-likeness (QED) is 0.668. The Bertz CT molecular complexity index is 712. The van der Waals surface area contributed by atoms with Crippen molar-refractivity contribution in [1.82, 2.24) is 0 Å². The van der Waals surface area contributed by atoms with E-state index in [1.54, 1.807) is 31.2 Å². The molecule has 2 rings (SSSR count). The fraction of sp³-hybridized carbons (Fsp3) is 0.176. The predicted octanol–water partition coefficient (Wildman–Crippen LogP) is 4.46. The van der Waals surface area contributed by atoms with Crippen molar-refractivity contribution in [3.8, 4) is 23.8 Å². The molecule has 0 heterocycles. The summed E-state index contributed by atoms with van der Waals surface area (Å²) in [6, 6.07) is 9.68. The highest BCUT2D eigenvalue weighted by Gasteiger charge is 2.28. The van der Waals surface area contributed by atoms with Crippen molar-refractivity contribution < 1.29 is 13.5 Å². The summed E-state index contributed by atoms with van der Waals surface area (Å²) >= 11 is 0. The molecule has 0 saturated heterocycles. The zero-order valence-electron chi connectivity index (χ0n) is 11.8. The Balaban J connectivity index is 2.38. The van der Waals surface area contributed by atoms with Gasteiger partial charge >= 0.3 is 0 Å². The molecule has 21 heavy (non-hydrogen) atoms. The SMILES string of the molecule is C#Cc1cccc(Oc2ccc(C(C)(F)F)c(C)c2N)c1. The van der Waals surface area contributed by atoms with E-state index < -0.39 is 5.92 Å². The first kappa shape index (κ1) is 14.9. The number of ether oxygens (including phenoxy) is 1. The van der Waals surface area contributed by atoms with Crippen LogP contribution in [0.2, 0.25) is 0 Å². The zero-order chi connectivity index (χ0) is 15.6. The predicted molar refractivity (Wildman–Crippen MR) is 79.6 cm³/mol. The number of hydrogen-bond donors (Lipinski definition) is 1. The summed E-state index contributed by atoms with van der Waals surface area (Å²) in [7, 11) is 0. The summed E-state index contributed by atoms with van der Waals surface area (Å²) in [6.07, 6.45) is 5.32. The van der Waals surface area contributed by atoms with E-state index in [0.717, 1.165) is 6.92 Å². The third-order valence-electron chi connectivity index (χ3n) is 3.18. The second-order valence-electron chi connectivity index (χ2n) is 4.81. The summed E-state index contributed by atoms with van der Waals surface area (Å²) in [5, 5.41) is 0. The van der Waals surface area contributed by atoms with Crippen LogP contribution in [0.4, 0.5) is 14.5 Å². The molecule has 0 amide bonds. The molecule has 0 fully saturated rings. The number of anilines is 1. The first-order valence-corrected chi connectivity index (χ1v) is 6.35. The van der Waals surface area contributed by atoms with Gasteiger partial charge in [0.25, 0.3) is 5.92 Å². The second-order valence-corrected chi connectivity index (χ2v) is 4.81. The van der Waals surface area contributed by atoms with Gasteiger partial charge in [0.05, 0.1) is 5.69 Å². The van der Waals surface area contributed by atoms with Crippen molar-refractivity contribution in [2.24, 2.45) is 0 Å². The Morgan fingerprint density at radius 1 is 1.24 bits per heavy atom. The van der Waals surface area contributed by atoms with Gasteiger partial charge in [-0.25, -0.2) is 8.78 Å². The van der Waals surface area contributed by atoms with Gasteiger partial charge < -0.3 is 10.5 Å². The molecule has 0 spiro atoms. The lowest BCUT2D eigenvalue weighted by atomic mass is 10.0. The van der Waals surface area contributed by atoms with Gasteiger partial charge in [0.2, 0.25) is 0 Å². The molecule has 2 aromatic rings. The number of rotatable bonds is 3. The largest absolute Gasteiger partial charge is 0.455 e. The molecule has 2 aromatic carbocycles. The normalized spacial score (nSPS) is 11.0. The highest BCUT2D eigenvalue weighted by atomic mass is 19.3. The number of nitrogens with two attached hydrogens (primary N) is 1. The Morgan fingerprint density at radius 3 is 2.57 bits per heavy atom. The van der Waals surface area contributed by atoms with Crippen LogP contribution < -0.4 is 10.5 Å². The average molecular weight is 287 g/mol. The Labute approximate surface area is 122 Å². The maximum atomic E-state index is 13.4. The van der Waals surface area contributed by atoms with Crippen LogP contribution in [0, 0.1) is 19.3 Å². The number of alkyl halides is 2. The van der Waals surface area contributed by atoms with E-state index in [0.29, 0.717) is 22.6 Å². The lowest BCUT2D eigenvalue weighted by molar-refractivity contribution is 0.0169. The van der Waals surface area contributed by atoms with Crippen molar-refractivity contribution in [2.75, 3.05) is 5.73 Å². The van der Waals surface area contributed by atoms with Crippen LogP contribution in [0.25, 0.3) is 0 Å². The molecule has 0 unspecified atom stereocenters. The van der Waals surface area contributed by atoms with Gasteiger partial charge in [-0.3, -0.25) is 0 Å². The number of nitrogen functional groups attached to an aromatic ring is 1. The van der Waals surface area contributed by atoms with Crippen molar-refractivity contribution in [3.05, 3.63) is 53.1 Å². The molecule has 2 N–H and O–H groups in total. The molecule has 0 aliphatic heterocycles. The van der Waals surface area contributed by atoms with Crippen LogP contribution in [0.1, 0.15) is 23.6 Å². The molecule has 0 aliphatic rings. The van der Waals surface area contributed by atoms with Gasteiger partial charge in [0.15, 0.2) is 5.75 Å². The summed E-state index contributed by atoms with van der Waals surface area (Å²) in [5.41, 5.74) is 6.97. The molecular formula is C17H15F2NO. The summed E-state index contributed by atoms with van der Waals surface area (Å²) in [4.78, 5) is 0. The molecular weight excluding hydrogens is 272 g/mol. The van der Waals surface area contributed by atoms with Crippen LogP contribution in [-0.4, -0.2) is 0 Å². The lowest BCUT2D eigenvalue weighted by Gasteiger charge is -2.17. The highest BCUT2D eigenvalue weighted by Crippen LogP contribution is 2.37. The molecule has 0 aromatic heterocycles. The maximum absolute atomic E-state index is 13.4.